The predicted octanol–water partition coefficient (Wildman–Crippen LogP) is 3.29. The Morgan fingerprint density at radius 2 is 2.09 bits per heavy atom. The maximum atomic E-state index is 12.4. The summed E-state index contributed by atoms with van der Waals surface area (Å²) in [5.74, 6) is -0.273. The zero-order chi connectivity index (χ0) is 16.2. The average Bonchev–Trinajstić information content (AvgIpc) is 3.00. The number of halogens is 1. The number of carbonyl (C=O) groups excluding carboxylic acids is 1. The van der Waals surface area contributed by atoms with Gasteiger partial charge in [-0.3, -0.25) is 14.9 Å². The molecule has 116 valence electrons. The van der Waals surface area contributed by atoms with Crippen LogP contribution in [0.3, 0.4) is 0 Å². The van der Waals surface area contributed by atoms with Gasteiger partial charge < -0.3 is 5.32 Å². The molecule has 0 spiro atoms. The van der Waals surface area contributed by atoms with Crippen LogP contribution in [0.25, 0.3) is 0 Å². The zero-order valence-corrected chi connectivity index (χ0v) is 13.2. The number of nitrogens with one attached hydrogen (secondary N) is 2. The quantitative estimate of drug-likeness (QED) is 0.773. The van der Waals surface area contributed by atoms with Gasteiger partial charge in [-0.15, -0.1) is 0 Å². The fraction of sp³-hybridized carbons (Fsp3) is 0.118. The summed E-state index contributed by atoms with van der Waals surface area (Å²) in [5, 5.41) is 10.3. The van der Waals surface area contributed by atoms with Crippen LogP contribution in [0.5, 0.6) is 0 Å². The van der Waals surface area contributed by atoms with Crippen LogP contribution in [0.1, 0.15) is 33.5 Å². The fourth-order valence-electron chi connectivity index (χ4n) is 2.30. The molecular weight excluding hydrogens is 312 g/mol. The summed E-state index contributed by atoms with van der Waals surface area (Å²) in [6, 6.07) is 14.2. The van der Waals surface area contributed by atoms with E-state index < -0.39 is 6.04 Å². The molecule has 0 aliphatic heterocycles. The lowest BCUT2D eigenvalue weighted by atomic mass is 10.0. The van der Waals surface area contributed by atoms with Gasteiger partial charge in [-0.05, 0) is 42.8 Å². The van der Waals surface area contributed by atoms with E-state index in [0.717, 1.165) is 17.0 Å². The lowest BCUT2D eigenvalue weighted by Crippen LogP contribution is -2.30. The highest BCUT2D eigenvalue weighted by Crippen LogP contribution is 2.23. The molecule has 23 heavy (non-hydrogen) atoms. The Balaban J connectivity index is 1.94. The van der Waals surface area contributed by atoms with E-state index in [1.54, 1.807) is 18.3 Å². The molecule has 0 aliphatic rings. The van der Waals surface area contributed by atoms with Crippen molar-refractivity contribution in [2.24, 2.45) is 0 Å². The van der Waals surface area contributed by atoms with Crippen molar-refractivity contribution in [3.8, 4) is 0 Å². The Kier molecular flexibility index (Phi) is 4.39. The molecule has 3 rings (SSSR count). The number of aromatic nitrogens is 3. The smallest absolute Gasteiger partial charge is 0.272 e. The number of aromatic amines is 1. The molecule has 0 saturated carbocycles. The van der Waals surface area contributed by atoms with Gasteiger partial charge in [-0.2, -0.15) is 5.10 Å². The van der Waals surface area contributed by atoms with E-state index >= 15 is 0 Å². The fourth-order valence-corrected chi connectivity index (χ4v) is 2.50. The number of hydrogen-bond donors (Lipinski definition) is 2. The number of hydrogen-bond acceptors (Lipinski definition) is 3. The first kappa shape index (κ1) is 15.2. The monoisotopic (exact) mass is 326 g/mol. The summed E-state index contributed by atoms with van der Waals surface area (Å²) in [7, 11) is 0. The summed E-state index contributed by atoms with van der Waals surface area (Å²) in [6.07, 6.45) is 1.69. The molecule has 1 aromatic carbocycles. The van der Waals surface area contributed by atoms with Crippen LogP contribution in [-0.4, -0.2) is 21.1 Å². The third kappa shape index (κ3) is 3.57. The molecule has 0 aliphatic carbocycles. The zero-order valence-electron chi connectivity index (χ0n) is 12.5. The maximum Gasteiger partial charge on any atom is 0.272 e. The van der Waals surface area contributed by atoms with E-state index in [1.165, 1.54) is 0 Å². The Morgan fingerprint density at radius 1 is 1.22 bits per heavy atom. The minimum atomic E-state index is -0.403. The normalized spacial score (nSPS) is 11.9. The van der Waals surface area contributed by atoms with Gasteiger partial charge in [0, 0.05) is 16.9 Å². The van der Waals surface area contributed by atoms with E-state index in [1.807, 2.05) is 43.3 Å². The van der Waals surface area contributed by atoms with E-state index in [4.69, 9.17) is 11.6 Å². The van der Waals surface area contributed by atoms with Crippen molar-refractivity contribution in [1.82, 2.24) is 20.5 Å². The van der Waals surface area contributed by atoms with Crippen LogP contribution in [0.4, 0.5) is 0 Å². The van der Waals surface area contributed by atoms with Gasteiger partial charge in [0.1, 0.15) is 5.69 Å². The third-order valence-corrected chi connectivity index (χ3v) is 3.61. The van der Waals surface area contributed by atoms with Gasteiger partial charge in [-0.1, -0.05) is 29.8 Å². The first-order valence-electron chi connectivity index (χ1n) is 7.13. The molecule has 5 nitrogen and oxygen atoms in total. The van der Waals surface area contributed by atoms with Gasteiger partial charge in [0.15, 0.2) is 0 Å². The number of amides is 1. The van der Waals surface area contributed by atoms with Crippen molar-refractivity contribution in [3.63, 3.8) is 0 Å². The topological polar surface area (TPSA) is 70.7 Å². The highest BCUT2D eigenvalue weighted by atomic mass is 35.5. The summed E-state index contributed by atoms with van der Waals surface area (Å²) >= 11 is 6.08. The van der Waals surface area contributed by atoms with Crippen LogP contribution >= 0.6 is 11.6 Å². The molecule has 0 bridgehead atoms. The molecule has 2 N–H and O–H groups in total. The minimum absolute atomic E-state index is 0.273. The van der Waals surface area contributed by atoms with Gasteiger partial charge in [0.25, 0.3) is 5.91 Å². The summed E-state index contributed by atoms with van der Waals surface area (Å²) in [6.45, 7) is 1.84. The lowest BCUT2D eigenvalue weighted by Gasteiger charge is -2.18. The number of carbonyl (C=O) groups is 1. The Morgan fingerprint density at radius 3 is 2.74 bits per heavy atom. The second kappa shape index (κ2) is 6.62. The Bertz CT molecular complexity index is 816. The van der Waals surface area contributed by atoms with Crippen molar-refractivity contribution in [3.05, 3.63) is 82.4 Å². The van der Waals surface area contributed by atoms with Crippen LogP contribution in [0.15, 0.2) is 54.7 Å². The largest absolute Gasteiger partial charge is 0.338 e. The molecule has 3 aromatic rings. The Labute approximate surface area is 138 Å². The first-order chi connectivity index (χ1) is 11.1. The number of pyridine rings is 1. The molecule has 0 saturated heterocycles. The predicted molar refractivity (Wildman–Crippen MR) is 88.3 cm³/mol. The van der Waals surface area contributed by atoms with Crippen molar-refractivity contribution in [2.75, 3.05) is 0 Å². The molecule has 6 heteroatoms. The SMILES string of the molecule is Cc1cc(C(=O)NC(c2cccc(Cl)c2)c2ccccn2)n[nH]1. The minimum Gasteiger partial charge on any atom is -0.338 e. The van der Waals surface area contributed by atoms with Crippen LogP contribution in [-0.2, 0) is 0 Å². The summed E-state index contributed by atoms with van der Waals surface area (Å²) in [4.78, 5) is 16.8. The second-order valence-corrected chi connectivity index (χ2v) is 5.59. The standard InChI is InChI=1S/C17H15ClN4O/c1-11-9-15(22-21-11)17(23)20-16(14-7-2-3-8-19-14)12-5-4-6-13(18)10-12/h2-10,16H,1H3,(H,20,23)(H,21,22). The molecule has 1 atom stereocenters. The summed E-state index contributed by atoms with van der Waals surface area (Å²) < 4.78 is 0. The van der Waals surface area contributed by atoms with Gasteiger partial charge >= 0.3 is 0 Å². The number of nitrogens with zero attached hydrogens (tertiary/aromatic N) is 2. The van der Waals surface area contributed by atoms with Crippen molar-refractivity contribution < 1.29 is 4.79 Å². The molecule has 1 unspecified atom stereocenters. The van der Waals surface area contributed by atoms with E-state index in [0.29, 0.717) is 10.7 Å². The van der Waals surface area contributed by atoms with Crippen LogP contribution < -0.4 is 5.32 Å². The maximum absolute atomic E-state index is 12.4. The number of aryl methyl sites for hydroxylation is 1. The molecule has 0 radical (unpaired) electrons. The first-order valence-corrected chi connectivity index (χ1v) is 7.50. The van der Waals surface area contributed by atoms with Crippen LogP contribution in [0, 0.1) is 6.92 Å². The average molecular weight is 327 g/mol. The van der Waals surface area contributed by atoms with Gasteiger partial charge in [0.2, 0.25) is 0 Å². The van der Waals surface area contributed by atoms with Crippen molar-refractivity contribution >= 4 is 17.5 Å². The van der Waals surface area contributed by atoms with Gasteiger partial charge in [-0.25, -0.2) is 0 Å². The molecule has 2 heterocycles. The highest BCUT2D eigenvalue weighted by Gasteiger charge is 2.20. The molecular formula is C17H15ClN4O. The van der Waals surface area contributed by atoms with E-state index in [9.17, 15) is 4.79 Å². The Hall–Kier alpha value is -2.66. The van der Waals surface area contributed by atoms with E-state index in [-0.39, 0.29) is 5.91 Å². The van der Waals surface area contributed by atoms with E-state index in [2.05, 4.69) is 20.5 Å². The lowest BCUT2D eigenvalue weighted by molar-refractivity contribution is 0.0937. The van der Waals surface area contributed by atoms with Gasteiger partial charge in [0.05, 0.1) is 11.7 Å². The summed E-state index contributed by atoms with van der Waals surface area (Å²) in [5.41, 5.74) is 2.75. The van der Waals surface area contributed by atoms with Crippen molar-refractivity contribution in [1.29, 1.82) is 0 Å². The number of benzene rings is 1. The molecule has 0 fully saturated rings. The number of H-pyrrole nitrogens is 1. The number of rotatable bonds is 4. The second-order valence-electron chi connectivity index (χ2n) is 5.15. The van der Waals surface area contributed by atoms with Crippen molar-refractivity contribution in [2.45, 2.75) is 13.0 Å². The molecule has 2 aromatic heterocycles. The molecule has 1 amide bonds. The third-order valence-electron chi connectivity index (χ3n) is 3.38. The van der Waals surface area contributed by atoms with Crippen LogP contribution in [0.2, 0.25) is 5.02 Å². The highest BCUT2D eigenvalue weighted by molar-refractivity contribution is 6.30.